The highest BCUT2D eigenvalue weighted by atomic mass is 28.3. The van der Waals surface area contributed by atoms with Crippen LogP contribution >= 0.6 is 0 Å². The van der Waals surface area contributed by atoms with Crippen molar-refractivity contribution in [2.24, 2.45) is 0 Å². The molecule has 0 atom stereocenters. The predicted molar refractivity (Wildman–Crippen MR) is 67.7 cm³/mol. The maximum absolute atomic E-state index is 4.07. The van der Waals surface area contributed by atoms with Crippen LogP contribution in [0.5, 0.6) is 0 Å². The molecule has 0 fully saturated rings. The Morgan fingerprint density at radius 2 is 1.50 bits per heavy atom. The van der Waals surface area contributed by atoms with Crippen molar-refractivity contribution in [3.63, 3.8) is 0 Å². The molecule has 0 saturated heterocycles. The zero-order valence-electron chi connectivity index (χ0n) is 10.5. The third-order valence-electron chi connectivity index (χ3n) is 3.22. The molecule has 3 heteroatoms. The Kier molecular flexibility index (Phi) is 6.32. The van der Waals surface area contributed by atoms with E-state index in [0.29, 0.717) is 0 Å². The van der Waals surface area contributed by atoms with Crippen molar-refractivity contribution in [3.8, 4) is 0 Å². The van der Waals surface area contributed by atoms with Crippen molar-refractivity contribution in [1.29, 1.82) is 0 Å². The van der Waals surface area contributed by atoms with E-state index in [2.05, 4.69) is 56.3 Å². The van der Waals surface area contributed by atoms with Crippen molar-refractivity contribution < 1.29 is 0 Å². The molecule has 2 nitrogen and oxygen atoms in total. The van der Waals surface area contributed by atoms with Crippen LogP contribution in [0.2, 0.25) is 6.04 Å². The van der Waals surface area contributed by atoms with Gasteiger partial charge >= 0.3 is 0 Å². The topological polar surface area (TPSA) is 6.48 Å². The summed E-state index contributed by atoms with van der Waals surface area (Å²) in [5, 5.41) is 0. The molecule has 0 aliphatic rings. The Hall–Kier alpha value is -0.123. The molecule has 14 heavy (non-hydrogen) atoms. The minimum atomic E-state index is -1.55. The van der Waals surface area contributed by atoms with Crippen LogP contribution in [0.25, 0.3) is 0 Å². The van der Waals surface area contributed by atoms with Gasteiger partial charge in [-0.05, 0) is 33.2 Å². The lowest BCUT2D eigenvalue weighted by atomic mass is 10.6. The molecule has 0 unspecified atom stereocenters. The summed E-state index contributed by atoms with van der Waals surface area (Å²) >= 11 is 0. The highest BCUT2D eigenvalue weighted by Gasteiger charge is 2.37. The summed E-state index contributed by atoms with van der Waals surface area (Å²) in [7, 11) is 2.92. The average Bonchev–Trinajstić information content (AvgIpc) is 2.23. The molecule has 0 radical (unpaired) electrons. The molecule has 0 bridgehead atoms. The quantitative estimate of drug-likeness (QED) is 0.601. The minimum absolute atomic E-state index is 1.11. The van der Waals surface area contributed by atoms with Gasteiger partial charge in [-0.3, -0.25) is 0 Å². The molecule has 0 heterocycles. The van der Waals surface area contributed by atoms with Crippen molar-refractivity contribution in [3.05, 3.63) is 12.3 Å². The SMILES string of the molecule is C=C[Si](CCC)(N(C)CC)N(C)CC. The zero-order chi connectivity index (χ0) is 11.2. The van der Waals surface area contributed by atoms with Crippen LogP contribution in [0.3, 0.4) is 0 Å². The molecule has 84 valence electrons. The van der Waals surface area contributed by atoms with Gasteiger partial charge in [0.05, 0.1) is 0 Å². The molecule has 0 saturated carbocycles. The molecule has 0 aromatic carbocycles. The summed E-state index contributed by atoms with van der Waals surface area (Å²) < 4.78 is 5.01. The molecule has 0 rings (SSSR count). The van der Waals surface area contributed by atoms with E-state index in [0.717, 1.165) is 13.1 Å². The zero-order valence-corrected chi connectivity index (χ0v) is 11.5. The lowest BCUT2D eigenvalue weighted by molar-refractivity contribution is 0.418. The average molecular weight is 214 g/mol. The van der Waals surface area contributed by atoms with Crippen molar-refractivity contribution in [2.45, 2.75) is 33.2 Å². The molecule has 0 spiro atoms. The molecular weight excluding hydrogens is 188 g/mol. The van der Waals surface area contributed by atoms with E-state index in [-0.39, 0.29) is 0 Å². The highest BCUT2D eigenvalue weighted by molar-refractivity contribution is 6.79. The molecule has 0 aromatic heterocycles. The lowest BCUT2D eigenvalue weighted by Gasteiger charge is -2.43. The molecular formula is C11H26N2Si. The second kappa shape index (κ2) is 6.38. The maximum Gasteiger partial charge on any atom is 0.231 e. The smallest absolute Gasteiger partial charge is 0.231 e. The monoisotopic (exact) mass is 214 g/mol. The fourth-order valence-electron chi connectivity index (χ4n) is 2.00. The molecule has 0 aliphatic carbocycles. The Morgan fingerprint density at radius 1 is 1.07 bits per heavy atom. The van der Waals surface area contributed by atoms with Crippen LogP contribution in [0.15, 0.2) is 12.3 Å². The summed E-state index contributed by atoms with van der Waals surface area (Å²) in [4.78, 5) is 0. The number of hydrogen-bond donors (Lipinski definition) is 0. The first-order valence-corrected chi connectivity index (χ1v) is 7.82. The Balaban J connectivity index is 4.85. The highest BCUT2D eigenvalue weighted by Crippen LogP contribution is 2.20. The molecule has 0 N–H and O–H groups in total. The van der Waals surface area contributed by atoms with Crippen molar-refractivity contribution in [1.82, 2.24) is 9.13 Å². The summed E-state index contributed by atoms with van der Waals surface area (Å²) in [6, 6.07) is 1.28. The second-order valence-corrected chi connectivity index (χ2v) is 8.05. The summed E-state index contributed by atoms with van der Waals surface area (Å²) in [5.41, 5.74) is 2.23. The first-order chi connectivity index (χ1) is 6.58. The maximum atomic E-state index is 4.07. The van der Waals surface area contributed by atoms with Crippen LogP contribution < -0.4 is 0 Å². The summed E-state index contributed by atoms with van der Waals surface area (Å²) in [5.74, 6) is 0. The van der Waals surface area contributed by atoms with Gasteiger partial charge in [-0.15, -0.1) is 6.58 Å². The molecule has 0 amide bonds. The lowest BCUT2D eigenvalue weighted by Crippen LogP contribution is -2.61. The van der Waals surface area contributed by atoms with Crippen molar-refractivity contribution in [2.75, 3.05) is 27.2 Å². The van der Waals surface area contributed by atoms with Gasteiger partial charge in [0.25, 0.3) is 0 Å². The Labute approximate surface area is 90.8 Å². The van der Waals surface area contributed by atoms with Crippen molar-refractivity contribution >= 4 is 8.40 Å². The molecule has 0 aromatic rings. The van der Waals surface area contributed by atoms with E-state index in [1.165, 1.54) is 12.5 Å². The summed E-state index contributed by atoms with van der Waals surface area (Å²) in [6.07, 6.45) is 1.24. The first kappa shape index (κ1) is 13.9. The van der Waals surface area contributed by atoms with E-state index in [1.54, 1.807) is 0 Å². The number of hydrogen-bond acceptors (Lipinski definition) is 2. The third-order valence-corrected chi connectivity index (χ3v) is 8.38. The standard InChI is InChI=1S/C11H26N2Si/c1-7-11-14(10-4,12(5)8-2)13(6)9-3/h10H,4,7-9,11H2,1-3,5-6H3. The predicted octanol–water partition coefficient (Wildman–Crippen LogP) is 2.47. The van der Waals surface area contributed by atoms with E-state index < -0.39 is 8.40 Å². The van der Waals surface area contributed by atoms with Gasteiger partial charge in [0.15, 0.2) is 0 Å². The summed E-state index contributed by atoms with van der Waals surface area (Å²) in [6.45, 7) is 13.0. The second-order valence-electron chi connectivity index (χ2n) is 3.86. The van der Waals surface area contributed by atoms with Crippen LogP contribution in [-0.2, 0) is 0 Å². The van der Waals surface area contributed by atoms with E-state index in [9.17, 15) is 0 Å². The van der Waals surface area contributed by atoms with Gasteiger partial charge in [0, 0.05) is 0 Å². The van der Waals surface area contributed by atoms with Gasteiger partial charge in [-0.1, -0.05) is 32.9 Å². The van der Waals surface area contributed by atoms with E-state index in [4.69, 9.17) is 0 Å². The molecule has 0 aliphatic heterocycles. The van der Waals surface area contributed by atoms with E-state index in [1.807, 2.05) is 0 Å². The first-order valence-electron chi connectivity index (χ1n) is 5.65. The van der Waals surface area contributed by atoms with Gasteiger partial charge in [-0.2, -0.15) is 0 Å². The Morgan fingerprint density at radius 3 is 1.71 bits per heavy atom. The van der Waals surface area contributed by atoms with Crippen LogP contribution in [-0.4, -0.2) is 44.7 Å². The third kappa shape index (κ3) is 2.68. The van der Waals surface area contributed by atoms with Gasteiger partial charge in [0.2, 0.25) is 8.40 Å². The van der Waals surface area contributed by atoms with Gasteiger partial charge < -0.3 is 9.13 Å². The van der Waals surface area contributed by atoms with Crippen LogP contribution in [0.1, 0.15) is 27.2 Å². The van der Waals surface area contributed by atoms with Gasteiger partial charge in [0.1, 0.15) is 0 Å². The van der Waals surface area contributed by atoms with Gasteiger partial charge in [-0.25, -0.2) is 0 Å². The number of nitrogens with zero attached hydrogens (tertiary/aromatic N) is 2. The largest absolute Gasteiger partial charge is 0.312 e. The fraction of sp³-hybridized carbons (Fsp3) is 0.818. The fourth-order valence-corrected chi connectivity index (χ4v) is 6.01. The van der Waals surface area contributed by atoms with Crippen LogP contribution in [0.4, 0.5) is 0 Å². The van der Waals surface area contributed by atoms with E-state index >= 15 is 0 Å². The normalized spacial score (nSPS) is 12.5. The number of rotatable bonds is 7. The minimum Gasteiger partial charge on any atom is -0.312 e. The Bertz CT molecular complexity index is 161. The van der Waals surface area contributed by atoms with Crippen LogP contribution in [0, 0.1) is 0 Å².